The predicted molar refractivity (Wildman–Crippen MR) is 129 cm³/mol. The highest BCUT2D eigenvalue weighted by molar-refractivity contribution is 5.94. The number of likely N-dealkylation sites (tertiary alicyclic amines) is 1. The molecule has 0 radical (unpaired) electrons. The van der Waals surface area contributed by atoms with Gasteiger partial charge in [0.05, 0.1) is 11.8 Å². The van der Waals surface area contributed by atoms with Crippen molar-refractivity contribution >= 4 is 24.0 Å². The summed E-state index contributed by atoms with van der Waals surface area (Å²) in [6.07, 6.45) is 3.65. The fourth-order valence-electron chi connectivity index (χ4n) is 4.05. The van der Waals surface area contributed by atoms with E-state index in [2.05, 4.69) is 27.9 Å². The Kier molecular flexibility index (Phi) is 8.59. The quantitative estimate of drug-likeness (QED) is 0.213. The van der Waals surface area contributed by atoms with Crippen LogP contribution in [0.5, 0.6) is 5.75 Å². The molecule has 1 aliphatic rings. The largest absolute Gasteiger partial charge is 0.506 e. The van der Waals surface area contributed by atoms with Crippen molar-refractivity contribution in [3.63, 3.8) is 0 Å². The van der Waals surface area contributed by atoms with Gasteiger partial charge in [0.25, 0.3) is 5.91 Å². The summed E-state index contributed by atoms with van der Waals surface area (Å²) < 4.78 is 0. The summed E-state index contributed by atoms with van der Waals surface area (Å²) in [6, 6.07) is 10.8. The number of nitrogens with zero attached hydrogens (tertiary/aromatic N) is 1. The third-order valence-corrected chi connectivity index (χ3v) is 5.82. The van der Waals surface area contributed by atoms with E-state index in [0.717, 1.165) is 25.1 Å². The molecule has 1 aliphatic heterocycles. The summed E-state index contributed by atoms with van der Waals surface area (Å²) in [4.78, 5) is 25.4. The lowest BCUT2D eigenvalue weighted by atomic mass is 9.99. The van der Waals surface area contributed by atoms with Gasteiger partial charge >= 0.3 is 0 Å². The number of carbonyl (C=O) groups is 2. The number of benzene rings is 2. The van der Waals surface area contributed by atoms with Crippen molar-refractivity contribution in [3.8, 4) is 5.75 Å². The Morgan fingerprint density at radius 3 is 2.64 bits per heavy atom. The fourth-order valence-corrected chi connectivity index (χ4v) is 4.05. The standard InChI is InChI=1S/C25H32N4O4/c1-26-24-21(4-3-13-30)20(9-10-22(24)31)23(32)15-27-14-17-5-7-18(8-6-17)25(33)28-19-11-12-29(2)16-19/h3-10,13,19,23,26-27,31-32H,11-12,14-16H2,1-2H3,(H,28,33)/b4-3-. The van der Waals surface area contributed by atoms with Crippen molar-refractivity contribution in [2.24, 2.45) is 0 Å². The summed E-state index contributed by atoms with van der Waals surface area (Å²) in [7, 11) is 3.71. The summed E-state index contributed by atoms with van der Waals surface area (Å²) >= 11 is 0. The van der Waals surface area contributed by atoms with Crippen LogP contribution in [0.25, 0.3) is 6.08 Å². The molecular weight excluding hydrogens is 420 g/mol. The van der Waals surface area contributed by atoms with Gasteiger partial charge in [-0.3, -0.25) is 9.59 Å². The molecule has 0 spiro atoms. The Balaban J connectivity index is 1.56. The maximum atomic E-state index is 12.4. The van der Waals surface area contributed by atoms with Gasteiger partial charge in [-0.15, -0.1) is 0 Å². The second-order valence-electron chi connectivity index (χ2n) is 8.27. The number of nitrogens with one attached hydrogen (secondary N) is 3. The minimum atomic E-state index is -0.849. The van der Waals surface area contributed by atoms with Gasteiger partial charge in [0.15, 0.2) is 0 Å². The topological polar surface area (TPSA) is 114 Å². The van der Waals surface area contributed by atoms with Gasteiger partial charge in [-0.05, 0) is 61.5 Å². The average molecular weight is 453 g/mol. The van der Waals surface area contributed by atoms with Gasteiger partial charge < -0.3 is 31.1 Å². The number of aldehydes is 1. The van der Waals surface area contributed by atoms with Crippen molar-refractivity contribution in [2.75, 3.05) is 39.0 Å². The molecular formula is C25H32N4O4. The number of allylic oxidation sites excluding steroid dienone is 1. The van der Waals surface area contributed by atoms with Gasteiger partial charge in [-0.2, -0.15) is 0 Å². The lowest BCUT2D eigenvalue weighted by Crippen LogP contribution is -2.36. The number of likely N-dealkylation sites (N-methyl/N-ethyl adjacent to an activating group) is 1. The van der Waals surface area contributed by atoms with Crippen LogP contribution in [-0.4, -0.2) is 67.1 Å². The van der Waals surface area contributed by atoms with Crippen LogP contribution in [-0.2, 0) is 11.3 Å². The van der Waals surface area contributed by atoms with Gasteiger partial charge in [0, 0.05) is 43.9 Å². The number of hydrogen-bond acceptors (Lipinski definition) is 7. The van der Waals surface area contributed by atoms with Crippen LogP contribution < -0.4 is 16.0 Å². The smallest absolute Gasteiger partial charge is 0.251 e. The molecule has 1 saturated heterocycles. The molecule has 2 aromatic rings. The number of aliphatic hydroxyl groups is 1. The van der Waals surface area contributed by atoms with Crippen molar-refractivity contribution < 1.29 is 19.8 Å². The predicted octanol–water partition coefficient (Wildman–Crippen LogP) is 1.90. The molecule has 0 saturated carbocycles. The van der Waals surface area contributed by atoms with Gasteiger partial charge in [0.1, 0.15) is 12.0 Å². The van der Waals surface area contributed by atoms with Gasteiger partial charge in [0.2, 0.25) is 0 Å². The first-order valence-corrected chi connectivity index (χ1v) is 11.1. The zero-order valence-electron chi connectivity index (χ0n) is 19.0. The number of aliphatic hydroxyl groups excluding tert-OH is 1. The van der Waals surface area contributed by atoms with Crippen LogP contribution in [0.1, 0.15) is 39.6 Å². The maximum absolute atomic E-state index is 12.4. The first-order valence-electron chi connectivity index (χ1n) is 11.1. The van der Waals surface area contributed by atoms with E-state index in [9.17, 15) is 19.8 Å². The highest BCUT2D eigenvalue weighted by Gasteiger charge is 2.21. The fraction of sp³-hybridized carbons (Fsp3) is 0.360. The van der Waals surface area contributed by atoms with E-state index >= 15 is 0 Å². The van der Waals surface area contributed by atoms with E-state index in [1.807, 2.05) is 24.3 Å². The molecule has 0 bridgehead atoms. The number of amides is 1. The molecule has 1 heterocycles. The minimum absolute atomic E-state index is 0.0380. The molecule has 2 aromatic carbocycles. The molecule has 3 rings (SSSR count). The summed E-state index contributed by atoms with van der Waals surface area (Å²) in [5.41, 5.74) is 3.21. The van der Waals surface area contributed by atoms with E-state index in [1.165, 1.54) is 12.1 Å². The van der Waals surface area contributed by atoms with E-state index in [-0.39, 0.29) is 24.2 Å². The van der Waals surface area contributed by atoms with Crippen LogP contribution in [0, 0.1) is 0 Å². The molecule has 176 valence electrons. The Labute approximate surface area is 194 Å². The van der Waals surface area contributed by atoms with Crippen LogP contribution in [0.4, 0.5) is 5.69 Å². The first-order chi connectivity index (χ1) is 15.9. The van der Waals surface area contributed by atoms with Crippen LogP contribution >= 0.6 is 0 Å². The van der Waals surface area contributed by atoms with E-state index in [4.69, 9.17) is 0 Å². The minimum Gasteiger partial charge on any atom is -0.506 e. The van der Waals surface area contributed by atoms with Crippen LogP contribution in [0.2, 0.25) is 0 Å². The van der Waals surface area contributed by atoms with Crippen LogP contribution in [0.15, 0.2) is 42.5 Å². The number of hydrogen-bond donors (Lipinski definition) is 5. The van der Waals surface area contributed by atoms with E-state index in [0.29, 0.717) is 35.2 Å². The molecule has 2 unspecified atom stereocenters. The number of anilines is 1. The summed E-state index contributed by atoms with van der Waals surface area (Å²) in [6.45, 7) is 2.66. The normalized spacial score (nSPS) is 17.2. The number of carbonyl (C=O) groups excluding carboxylic acids is 2. The second-order valence-corrected chi connectivity index (χ2v) is 8.27. The SMILES string of the molecule is CNc1c(O)ccc(C(O)CNCc2ccc(C(=O)NC3CCN(C)C3)cc2)c1/C=C\C=O. The molecule has 8 nitrogen and oxygen atoms in total. The molecule has 8 heteroatoms. The number of rotatable bonds is 10. The second kappa shape index (κ2) is 11.6. The Morgan fingerprint density at radius 1 is 1.24 bits per heavy atom. The third kappa shape index (κ3) is 6.41. The first kappa shape index (κ1) is 24.4. The van der Waals surface area contributed by atoms with E-state index < -0.39 is 6.10 Å². The lowest BCUT2D eigenvalue weighted by Gasteiger charge is -2.18. The van der Waals surface area contributed by atoms with Crippen molar-refractivity contribution in [1.82, 2.24) is 15.5 Å². The molecule has 1 fully saturated rings. The molecule has 0 aromatic heterocycles. The monoisotopic (exact) mass is 452 g/mol. The maximum Gasteiger partial charge on any atom is 0.251 e. The number of aromatic hydroxyl groups is 1. The lowest BCUT2D eigenvalue weighted by molar-refractivity contribution is -0.104. The molecule has 2 atom stereocenters. The Morgan fingerprint density at radius 2 is 2.00 bits per heavy atom. The highest BCUT2D eigenvalue weighted by atomic mass is 16.3. The van der Waals surface area contributed by atoms with Crippen molar-refractivity contribution in [1.29, 1.82) is 0 Å². The van der Waals surface area contributed by atoms with E-state index in [1.54, 1.807) is 19.2 Å². The van der Waals surface area contributed by atoms with Gasteiger partial charge in [-0.1, -0.05) is 18.2 Å². The average Bonchev–Trinajstić information content (AvgIpc) is 3.22. The Hall–Kier alpha value is -3.20. The highest BCUT2D eigenvalue weighted by Crippen LogP contribution is 2.33. The molecule has 5 N–H and O–H groups in total. The molecule has 0 aliphatic carbocycles. The molecule has 33 heavy (non-hydrogen) atoms. The third-order valence-electron chi connectivity index (χ3n) is 5.82. The zero-order valence-corrected chi connectivity index (χ0v) is 19.0. The Bertz CT molecular complexity index is 991. The summed E-state index contributed by atoms with van der Waals surface area (Å²) in [5, 5.41) is 30.0. The number of phenols is 1. The zero-order chi connectivity index (χ0) is 23.8. The molecule has 1 amide bonds. The van der Waals surface area contributed by atoms with Crippen LogP contribution in [0.3, 0.4) is 0 Å². The summed E-state index contributed by atoms with van der Waals surface area (Å²) in [5.74, 6) is -0.0233. The van der Waals surface area contributed by atoms with Gasteiger partial charge in [-0.25, -0.2) is 0 Å². The van der Waals surface area contributed by atoms with Crippen molar-refractivity contribution in [2.45, 2.75) is 25.1 Å². The number of phenolic OH excluding ortho intramolecular Hbond substituents is 1. The van der Waals surface area contributed by atoms with Crippen molar-refractivity contribution in [3.05, 3.63) is 64.7 Å².